The van der Waals surface area contributed by atoms with Gasteiger partial charge in [0.1, 0.15) is 5.75 Å². The Balaban J connectivity index is 0.000000854. The first-order valence-corrected chi connectivity index (χ1v) is 16.4. The number of para-hydroxylation sites is 1. The van der Waals surface area contributed by atoms with Gasteiger partial charge in [-0.15, -0.1) is 0 Å². The summed E-state index contributed by atoms with van der Waals surface area (Å²) < 4.78 is 34.1. The second kappa shape index (κ2) is 14.5. The molecule has 0 aliphatic carbocycles. The van der Waals surface area contributed by atoms with Gasteiger partial charge in [-0.1, -0.05) is 24.8 Å². The van der Waals surface area contributed by atoms with Crippen LogP contribution < -0.4 is 20.3 Å². The van der Waals surface area contributed by atoms with Crippen molar-refractivity contribution in [1.29, 1.82) is 0 Å². The third-order valence-electron chi connectivity index (χ3n) is 7.34. The fraction of sp³-hybridized carbons (Fsp3) is 0.344. The maximum Gasteiger partial charge on any atom is 0.261 e. The lowest BCUT2D eigenvalue weighted by molar-refractivity contribution is -0.111. The first kappa shape index (κ1) is 33.4. The highest BCUT2D eigenvalue weighted by Gasteiger charge is 2.22. The number of carbonyl (C=O) groups excluding carboxylic acids is 1. The molecule has 3 heterocycles. The number of nitrogens with zero attached hydrogens (tertiary/aromatic N) is 5. The Hall–Kier alpha value is -4.46. The van der Waals surface area contributed by atoms with E-state index in [1.165, 1.54) is 41.1 Å². The van der Waals surface area contributed by atoms with E-state index in [9.17, 15) is 13.2 Å². The lowest BCUT2D eigenvalue weighted by Crippen LogP contribution is -2.29. The molecule has 2 aromatic heterocycles. The zero-order valence-electron chi connectivity index (χ0n) is 26.4. The molecule has 2 aromatic carbocycles. The zero-order valence-corrected chi connectivity index (χ0v) is 27.2. The molecular weight excluding hydrogens is 594 g/mol. The van der Waals surface area contributed by atoms with Crippen LogP contribution in [0.25, 0.3) is 22.2 Å². The fourth-order valence-corrected chi connectivity index (χ4v) is 5.30. The maximum absolute atomic E-state index is 12.3. The SMILES string of the molecule is C=CC(=O)Nc1cc(Nc2nccc(-c3c4n(c5ccccc35)CCCC4)n2)c(OC)cc1N(C)CCN(C)C.CS(=O)(=O)O. The van der Waals surface area contributed by atoms with Crippen molar-refractivity contribution >= 4 is 49.9 Å². The number of rotatable bonds is 10. The van der Waals surface area contributed by atoms with E-state index >= 15 is 0 Å². The fourth-order valence-electron chi connectivity index (χ4n) is 5.30. The van der Waals surface area contributed by atoms with Crippen LogP contribution in [0.2, 0.25) is 0 Å². The molecule has 45 heavy (non-hydrogen) atoms. The number of aryl methyl sites for hydroxylation is 1. The molecule has 0 bridgehead atoms. The molecule has 0 fully saturated rings. The third-order valence-corrected chi connectivity index (χ3v) is 7.34. The van der Waals surface area contributed by atoms with Crippen LogP contribution in [0.1, 0.15) is 18.5 Å². The average Bonchev–Trinajstić information content (AvgIpc) is 3.34. The number of benzene rings is 2. The Kier molecular flexibility index (Phi) is 10.8. The topological polar surface area (TPSA) is 142 Å². The van der Waals surface area contributed by atoms with Gasteiger partial charge < -0.3 is 29.7 Å². The van der Waals surface area contributed by atoms with Crippen molar-refractivity contribution in [3.05, 3.63) is 67.0 Å². The van der Waals surface area contributed by atoms with Crippen molar-refractivity contribution in [2.45, 2.75) is 25.8 Å². The van der Waals surface area contributed by atoms with Crippen molar-refractivity contribution in [2.75, 3.05) is 63.1 Å². The Morgan fingerprint density at radius 1 is 1.13 bits per heavy atom. The summed E-state index contributed by atoms with van der Waals surface area (Å²) in [6.45, 7) is 6.25. The van der Waals surface area contributed by atoms with Gasteiger partial charge in [-0.3, -0.25) is 9.35 Å². The van der Waals surface area contributed by atoms with Crippen molar-refractivity contribution < 1.29 is 22.5 Å². The summed E-state index contributed by atoms with van der Waals surface area (Å²) in [4.78, 5) is 26.0. The molecule has 12 nitrogen and oxygen atoms in total. The molecule has 1 amide bonds. The van der Waals surface area contributed by atoms with E-state index in [2.05, 4.69) is 60.8 Å². The number of fused-ring (bicyclic) bond motifs is 3. The molecule has 0 unspecified atom stereocenters. The van der Waals surface area contributed by atoms with Gasteiger partial charge in [0.25, 0.3) is 10.1 Å². The number of amides is 1. The first-order chi connectivity index (χ1) is 21.4. The average molecular weight is 636 g/mol. The maximum atomic E-state index is 12.3. The Morgan fingerprint density at radius 3 is 2.56 bits per heavy atom. The number of carbonyl (C=O) groups is 1. The van der Waals surface area contributed by atoms with Crippen molar-refractivity contribution in [3.8, 4) is 17.0 Å². The number of likely N-dealkylation sites (N-methyl/N-ethyl adjacent to an activating group) is 2. The number of anilines is 4. The van der Waals surface area contributed by atoms with Crippen molar-refractivity contribution in [2.24, 2.45) is 0 Å². The highest BCUT2D eigenvalue weighted by molar-refractivity contribution is 7.85. The number of methoxy groups -OCH3 is 1. The van der Waals surface area contributed by atoms with Crippen molar-refractivity contribution in [1.82, 2.24) is 19.4 Å². The first-order valence-electron chi connectivity index (χ1n) is 14.5. The largest absolute Gasteiger partial charge is 0.494 e. The van der Waals surface area contributed by atoms with Crippen LogP contribution in [0.4, 0.5) is 23.0 Å². The zero-order chi connectivity index (χ0) is 32.7. The summed E-state index contributed by atoms with van der Waals surface area (Å²) in [7, 11) is 4.01. The molecule has 0 saturated heterocycles. The van der Waals surface area contributed by atoms with Crippen LogP contribution in [-0.2, 0) is 27.9 Å². The predicted octanol–water partition coefficient (Wildman–Crippen LogP) is 4.81. The van der Waals surface area contributed by atoms with Crippen molar-refractivity contribution in [3.63, 3.8) is 0 Å². The number of hydrogen-bond donors (Lipinski definition) is 3. The summed E-state index contributed by atoms with van der Waals surface area (Å²) in [5, 5.41) is 7.50. The van der Waals surface area contributed by atoms with E-state index in [-0.39, 0.29) is 5.91 Å². The van der Waals surface area contributed by atoms with Gasteiger partial charge in [0.2, 0.25) is 11.9 Å². The predicted molar refractivity (Wildman–Crippen MR) is 180 cm³/mol. The summed E-state index contributed by atoms with van der Waals surface area (Å²) in [6.07, 6.45) is 7.14. The number of nitrogens with one attached hydrogen (secondary N) is 2. The summed E-state index contributed by atoms with van der Waals surface area (Å²) >= 11 is 0. The highest BCUT2D eigenvalue weighted by atomic mass is 32.2. The second-order valence-electron chi connectivity index (χ2n) is 11.1. The molecule has 1 aliphatic rings. The van der Waals surface area contributed by atoms with Gasteiger partial charge in [0.05, 0.1) is 36.1 Å². The number of ether oxygens (including phenoxy) is 1. The van der Waals surface area contributed by atoms with Crippen LogP contribution in [0, 0.1) is 0 Å². The Labute approximate surface area is 264 Å². The molecule has 3 N–H and O–H groups in total. The lowest BCUT2D eigenvalue weighted by atomic mass is 10.0. The standard InChI is InChI=1S/C31H37N7O2.CH4O3S/c1-6-29(39)33-23-19-24(28(40-5)20-27(23)37(4)18-17-36(2)3)35-31-32-15-14-22(34-31)30-21-11-7-8-12-25(21)38-16-10-9-13-26(30)38;1-5(2,3)4/h6-8,11-12,14-15,19-20H,1,9-10,13,16-18H2,2-5H3,(H,33,39)(H,32,34,35);1H3,(H,2,3,4). The highest BCUT2D eigenvalue weighted by Crippen LogP contribution is 2.40. The summed E-state index contributed by atoms with van der Waals surface area (Å²) in [5.41, 5.74) is 6.74. The Morgan fingerprint density at radius 2 is 1.87 bits per heavy atom. The number of aromatic nitrogens is 3. The molecule has 240 valence electrons. The normalized spacial score (nSPS) is 12.6. The van der Waals surface area contributed by atoms with Crippen LogP contribution in [-0.4, -0.2) is 85.9 Å². The molecular formula is C32H41N7O5S. The van der Waals surface area contributed by atoms with Gasteiger partial charge in [0, 0.05) is 61.1 Å². The lowest BCUT2D eigenvalue weighted by Gasteiger charge is -2.26. The smallest absolute Gasteiger partial charge is 0.261 e. The number of hydrogen-bond acceptors (Lipinski definition) is 9. The molecule has 1 aliphatic heterocycles. The molecule has 0 spiro atoms. The molecule has 0 atom stereocenters. The van der Waals surface area contributed by atoms with E-state index in [0.717, 1.165) is 37.4 Å². The van der Waals surface area contributed by atoms with E-state index in [4.69, 9.17) is 14.3 Å². The minimum absolute atomic E-state index is 0.290. The second-order valence-corrected chi connectivity index (χ2v) is 12.5. The summed E-state index contributed by atoms with van der Waals surface area (Å²) in [6, 6.07) is 14.3. The van der Waals surface area contributed by atoms with E-state index in [0.29, 0.717) is 29.3 Å². The van der Waals surface area contributed by atoms with Gasteiger partial charge in [-0.2, -0.15) is 8.42 Å². The van der Waals surface area contributed by atoms with Crippen LogP contribution in [0.5, 0.6) is 5.75 Å². The van der Waals surface area contributed by atoms with Crippen LogP contribution in [0.15, 0.2) is 61.3 Å². The van der Waals surface area contributed by atoms with Gasteiger partial charge in [-0.05, 0) is 57.6 Å². The van der Waals surface area contributed by atoms with Gasteiger partial charge in [0.15, 0.2) is 0 Å². The monoisotopic (exact) mass is 635 g/mol. The minimum atomic E-state index is -3.67. The molecule has 4 aromatic rings. The Bertz CT molecular complexity index is 1780. The van der Waals surface area contributed by atoms with E-state index < -0.39 is 10.1 Å². The molecule has 0 saturated carbocycles. The van der Waals surface area contributed by atoms with Crippen LogP contribution in [0.3, 0.4) is 0 Å². The van der Waals surface area contributed by atoms with E-state index in [1.807, 2.05) is 39.3 Å². The third kappa shape index (κ3) is 8.59. The molecule has 5 rings (SSSR count). The molecule has 13 heteroatoms. The minimum Gasteiger partial charge on any atom is -0.494 e. The van der Waals surface area contributed by atoms with E-state index in [1.54, 1.807) is 13.3 Å². The molecule has 0 radical (unpaired) electrons. The summed E-state index contributed by atoms with van der Waals surface area (Å²) in [5.74, 6) is 0.774. The van der Waals surface area contributed by atoms with Gasteiger partial charge >= 0.3 is 0 Å². The van der Waals surface area contributed by atoms with Gasteiger partial charge in [-0.25, -0.2) is 9.97 Å². The quantitative estimate of drug-likeness (QED) is 0.164. The van der Waals surface area contributed by atoms with Crippen LogP contribution >= 0.6 is 0 Å².